The zero-order chi connectivity index (χ0) is 19.6. The minimum atomic E-state index is -0.714. The molecule has 0 aliphatic carbocycles. The van der Waals surface area contributed by atoms with Gasteiger partial charge in [0.1, 0.15) is 24.8 Å². The number of benzene rings is 2. The molecule has 0 saturated heterocycles. The number of hydrazone groups is 1. The number of aliphatic hydroxyl groups excluding tert-OH is 1. The lowest BCUT2D eigenvalue weighted by Crippen LogP contribution is -2.37. The predicted molar refractivity (Wildman–Crippen MR) is 107 cm³/mol. The molecule has 1 atom stereocenters. The summed E-state index contributed by atoms with van der Waals surface area (Å²) in [6.45, 7) is 6.35. The second-order valence-corrected chi connectivity index (χ2v) is 6.53. The van der Waals surface area contributed by atoms with Gasteiger partial charge in [-0.15, -0.1) is 0 Å². The van der Waals surface area contributed by atoms with E-state index < -0.39 is 6.10 Å². The van der Waals surface area contributed by atoms with E-state index >= 15 is 0 Å². The molecule has 144 valence electrons. The third-order valence-corrected chi connectivity index (χ3v) is 3.96. The van der Waals surface area contributed by atoms with Crippen LogP contribution in [-0.2, 0) is 0 Å². The quantitative estimate of drug-likeness (QED) is 0.405. The van der Waals surface area contributed by atoms with Crippen molar-refractivity contribution in [3.8, 4) is 5.75 Å². The lowest BCUT2D eigenvalue weighted by atomic mass is 10.2. The van der Waals surface area contributed by atoms with Crippen molar-refractivity contribution in [1.29, 1.82) is 0 Å². The standard InChI is InChI=1S/C21H27N3O3/c1-16(2)24(23-15-22-21(26)18-10-5-4-6-11-18)13-19(25)14-27-20-12-8-7-9-17(20)3/h4-12,15-16,19,25H,13-14H2,1-3H3,(H,22,23,26). The van der Waals surface area contributed by atoms with E-state index in [1.807, 2.05) is 51.1 Å². The Labute approximate surface area is 160 Å². The third-order valence-electron chi connectivity index (χ3n) is 3.96. The fourth-order valence-corrected chi connectivity index (χ4v) is 2.40. The van der Waals surface area contributed by atoms with Gasteiger partial charge in [-0.1, -0.05) is 36.4 Å². The highest BCUT2D eigenvalue weighted by Crippen LogP contribution is 2.16. The molecule has 2 aromatic carbocycles. The molecule has 0 radical (unpaired) electrons. The van der Waals surface area contributed by atoms with Crippen LogP contribution in [0.5, 0.6) is 5.75 Å². The van der Waals surface area contributed by atoms with Gasteiger partial charge in [-0.05, 0) is 44.5 Å². The van der Waals surface area contributed by atoms with Crippen molar-refractivity contribution >= 4 is 12.2 Å². The number of amides is 1. The molecule has 0 bridgehead atoms. The van der Waals surface area contributed by atoms with Crippen LogP contribution in [0.1, 0.15) is 29.8 Å². The molecule has 0 fully saturated rings. The summed E-state index contributed by atoms with van der Waals surface area (Å²) in [6.07, 6.45) is 0.638. The van der Waals surface area contributed by atoms with Crippen LogP contribution in [0.4, 0.5) is 0 Å². The summed E-state index contributed by atoms with van der Waals surface area (Å²) in [5, 5.41) is 18.9. The van der Waals surface area contributed by atoms with E-state index in [0.29, 0.717) is 12.1 Å². The Bertz CT molecular complexity index is 747. The molecular weight excluding hydrogens is 342 g/mol. The Balaban J connectivity index is 1.85. The van der Waals surface area contributed by atoms with Gasteiger partial charge in [0.05, 0.1) is 6.54 Å². The number of nitrogens with zero attached hydrogens (tertiary/aromatic N) is 2. The van der Waals surface area contributed by atoms with Crippen LogP contribution in [0.3, 0.4) is 0 Å². The van der Waals surface area contributed by atoms with Crippen LogP contribution >= 0.6 is 0 Å². The van der Waals surface area contributed by atoms with Crippen molar-refractivity contribution in [2.45, 2.75) is 32.9 Å². The maximum absolute atomic E-state index is 12.0. The van der Waals surface area contributed by atoms with Crippen molar-refractivity contribution in [2.75, 3.05) is 13.2 Å². The highest BCUT2D eigenvalue weighted by atomic mass is 16.5. The second-order valence-electron chi connectivity index (χ2n) is 6.53. The highest BCUT2D eigenvalue weighted by Gasteiger charge is 2.14. The number of carbonyl (C=O) groups excluding carboxylic acids is 1. The van der Waals surface area contributed by atoms with E-state index in [-0.39, 0.29) is 18.6 Å². The number of ether oxygens (including phenoxy) is 1. The maximum atomic E-state index is 12.0. The average Bonchev–Trinajstić information content (AvgIpc) is 2.67. The monoisotopic (exact) mass is 369 g/mol. The van der Waals surface area contributed by atoms with E-state index in [4.69, 9.17) is 4.74 Å². The Morgan fingerprint density at radius 2 is 1.85 bits per heavy atom. The molecule has 1 unspecified atom stereocenters. The SMILES string of the molecule is Cc1ccccc1OCC(O)CN(/N=C\NC(=O)c1ccccc1)C(C)C. The molecule has 0 aliphatic heterocycles. The largest absolute Gasteiger partial charge is 0.491 e. The number of hydrogen-bond acceptors (Lipinski definition) is 5. The molecule has 6 heteroatoms. The van der Waals surface area contributed by atoms with Gasteiger partial charge in [0.15, 0.2) is 0 Å². The zero-order valence-corrected chi connectivity index (χ0v) is 16.0. The fraction of sp³-hybridized carbons (Fsp3) is 0.333. The Morgan fingerprint density at radius 1 is 1.19 bits per heavy atom. The summed E-state index contributed by atoms with van der Waals surface area (Å²) in [7, 11) is 0. The Kier molecular flexibility index (Phi) is 7.82. The number of hydrogen-bond donors (Lipinski definition) is 2. The van der Waals surface area contributed by atoms with Crippen molar-refractivity contribution < 1.29 is 14.6 Å². The smallest absolute Gasteiger partial charge is 0.256 e. The minimum absolute atomic E-state index is 0.0583. The number of rotatable bonds is 9. The summed E-state index contributed by atoms with van der Waals surface area (Å²) in [5.41, 5.74) is 1.58. The van der Waals surface area contributed by atoms with Crippen molar-refractivity contribution in [2.24, 2.45) is 5.10 Å². The van der Waals surface area contributed by atoms with Gasteiger partial charge in [-0.25, -0.2) is 0 Å². The second kappa shape index (κ2) is 10.3. The first-order chi connectivity index (χ1) is 13.0. The molecule has 0 aliphatic rings. The van der Waals surface area contributed by atoms with Crippen molar-refractivity contribution in [1.82, 2.24) is 10.3 Å². The first kappa shape index (κ1) is 20.5. The zero-order valence-electron chi connectivity index (χ0n) is 16.0. The summed E-state index contributed by atoms with van der Waals surface area (Å²) < 4.78 is 5.68. The van der Waals surface area contributed by atoms with Crippen LogP contribution in [0, 0.1) is 6.92 Å². The fourth-order valence-electron chi connectivity index (χ4n) is 2.40. The van der Waals surface area contributed by atoms with E-state index in [0.717, 1.165) is 11.3 Å². The van der Waals surface area contributed by atoms with Gasteiger partial charge in [-0.2, -0.15) is 5.10 Å². The molecule has 6 nitrogen and oxygen atoms in total. The number of aryl methyl sites for hydroxylation is 1. The molecule has 2 rings (SSSR count). The molecular formula is C21H27N3O3. The van der Waals surface area contributed by atoms with Gasteiger partial charge < -0.3 is 15.2 Å². The van der Waals surface area contributed by atoms with Crippen molar-refractivity contribution in [3.05, 3.63) is 65.7 Å². The van der Waals surface area contributed by atoms with Crippen LogP contribution in [0.15, 0.2) is 59.7 Å². The molecule has 0 saturated carbocycles. The third kappa shape index (κ3) is 6.75. The Morgan fingerprint density at radius 3 is 2.52 bits per heavy atom. The van der Waals surface area contributed by atoms with Crippen LogP contribution in [0.25, 0.3) is 0 Å². The first-order valence-corrected chi connectivity index (χ1v) is 8.99. The molecule has 0 aromatic heterocycles. The van der Waals surface area contributed by atoms with E-state index in [9.17, 15) is 9.90 Å². The van der Waals surface area contributed by atoms with Gasteiger partial charge in [0.2, 0.25) is 0 Å². The molecule has 0 heterocycles. The Hall–Kier alpha value is -2.86. The van der Waals surface area contributed by atoms with E-state index in [1.165, 1.54) is 6.34 Å². The summed E-state index contributed by atoms with van der Waals surface area (Å²) in [4.78, 5) is 12.0. The number of nitrogens with one attached hydrogen (secondary N) is 1. The molecule has 2 aromatic rings. The van der Waals surface area contributed by atoms with Crippen LogP contribution in [0.2, 0.25) is 0 Å². The van der Waals surface area contributed by atoms with Gasteiger partial charge >= 0.3 is 0 Å². The van der Waals surface area contributed by atoms with Crippen LogP contribution in [-0.4, -0.2) is 47.7 Å². The van der Waals surface area contributed by atoms with E-state index in [1.54, 1.807) is 29.3 Å². The lowest BCUT2D eigenvalue weighted by molar-refractivity contribution is 0.0587. The summed E-state index contributed by atoms with van der Waals surface area (Å²) >= 11 is 0. The van der Waals surface area contributed by atoms with Gasteiger partial charge in [-0.3, -0.25) is 9.80 Å². The van der Waals surface area contributed by atoms with Gasteiger partial charge in [0, 0.05) is 11.6 Å². The molecule has 1 amide bonds. The van der Waals surface area contributed by atoms with Crippen LogP contribution < -0.4 is 10.1 Å². The topological polar surface area (TPSA) is 74.2 Å². The molecule has 0 spiro atoms. The first-order valence-electron chi connectivity index (χ1n) is 8.99. The van der Waals surface area contributed by atoms with E-state index in [2.05, 4.69) is 10.4 Å². The predicted octanol–water partition coefficient (Wildman–Crippen LogP) is 2.82. The highest BCUT2D eigenvalue weighted by molar-refractivity contribution is 6.00. The molecule has 27 heavy (non-hydrogen) atoms. The maximum Gasteiger partial charge on any atom is 0.256 e. The number of carbonyl (C=O) groups is 1. The number of aliphatic hydroxyl groups is 1. The minimum Gasteiger partial charge on any atom is -0.491 e. The summed E-state index contributed by atoms with van der Waals surface area (Å²) in [5.74, 6) is 0.526. The summed E-state index contributed by atoms with van der Waals surface area (Å²) in [6, 6.07) is 16.7. The van der Waals surface area contributed by atoms with Crippen molar-refractivity contribution in [3.63, 3.8) is 0 Å². The molecule has 2 N–H and O–H groups in total. The van der Waals surface area contributed by atoms with Gasteiger partial charge in [0.25, 0.3) is 5.91 Å². The number of para-hydroxylation sites is 1. The normalized spacial score (nSPS) is 12.2. The lowest BCUT2D eigenvalue weighted by Gasteiger charge is -2.26. The average molecular weight is 369 g/mol.